The molecule has 0 radical (unpaired) electrons. The number of alkyl halides is 1. The summed E-state index contributed by atoms with van der Waals surface area (Å²) in [5.74, 6) is -0.417. The summed E-state index contributed by atoms with van der Waals surface area (Å²) in [4.78, 5) is 27.2. The number of aromatic nitrogens is 3. The lowest BCUT2D eigenvalue weighted by atomic mass is 10.0. The van der Waals surface area contributed by atoms with Crippen LogP contribution >= 0.6 is 0 Å². The average Bonchev–Trinajstić information content (AvgIpc) is 3.05. The molecule has 3 rings (SSSR count). The van der Waals surface area contributed by atoms with E-state index in [9.17, 15) is 14.0 Å². The van der Waals surface area contributed by atoms with Crippen molar-refractivity contribution in [3.8, 4) is 11.1 Å². The Balaban J connectivity index is 2.05. The Morgan fingerprint density at radius 2 is 1.97 bits per heavy atom. The Morgan fingerprint density at radius 1 is 1.24 bits per heavy atom. The second kappa shape index (κ2) is 7.50. The summed E-state index contributed by atoms with van der Waals surface area (Å²) in [6, 6.07) is 4.73. The van der Waals surface area contributed by atoms with Crippen LogP contribution in [0.25, 0.3) is 16.6 Å². The van der Waals surface area contributed by atoms with Gasteiger partial charge in [0.1, 0.15) is 11.5 Å². The Morgan fingerprint density at radius 3 is 2.52 bits per heavy atom. The third kappa shape index (κ3) is 4.34. The number of rotatable bonds is 6. The number of carbonyl (C=O) groups excluding carboxylic acids is 2. The fourth-order valence-corrected chi connectivity index (χ4v) is 2.76. The van der Waals surface area contributed by atoms with Crippen molar-refractivity contribution in [1.82, 2.24) is 14.6 Å². The van der Waals surface area contributed by atoms with Crippen LogP contribution in [0.15, 0.2) is 36.8 Å². The highest BCUT2D eigenvalue weighted by atomic mass is 19.1. The van der Waals surface area contributed by atoms with Gasteiger partial charge < -0.3 is 16.4 Å². The number of nitrogens with two attached hydrogens (primary N) is 1. The lowest BCUT2D eigenvalue weighted by Crippen LogP contribution is -2.36. The van der Waals surface area contributed by atoms with Gasteiger partial charge in [-0.1, -0.05) is 0 Å². The minimum absolute atomic E-state index is 0.178. The molecule has 0 aliphatic carbocycles. The van der Waals surface area contributed by atoms with Gasteiger partial charge in [0.2, 0.25) is 5.91 Å². The van der Waals surface area contributed by atoms with Crippen LogP contribution in [0.2, 0.25) is 0 Å². The molecule has 0 saturated heterocycles. The van der Waals surface area contributed by atoms with Crippen LogP contribution in [-0.4, -0.2) is 38.1 Å². The highest BCUT2D eigenvalue weighted by Crippen LogP contribution is 2.30. The summed E-state index contributed by atoms with van der Waals surface area (Å²) >= 11 is 0. The van der Waals surface area contributed by atoms with Gasteiger partial charge in [-0.3, -0.25) is 9.59 Å². The summed E-state index contributed by atoms with van der Waals surface area (Å²) in [5, 5.41) is 9.92. The number of carbonyl (C=O) groups is 2. The van der Waals surface area contributed by atoms with E-state index in [0.717, 1.165) is 11.1 Å². The maximum Gasteiger partial charge on any atom is 0.252 e. The number of primary amides is 1. The lowest BCUT2D eigenvalue weighted by molar-refractivity contribution is -0.114. The number of halogens is 1. The number of anilines is 2. The SMILES string of the molecule is CC(=O)Nc1ccc(-c2cc3c(N[C@H](C)C(C)(C)F)c(C(N)=O)cnn3c2)cn1. The van der Waals surface area contributed by atoms with Crippen molar-refractivity contribution in [2.24, 2.45) is 5.73 Å². The molecule has 3 aromatic rings. The Hall–Kier alpha value is -3.49. The summed E-state index contributed by atoms with van der Waals surface area (Å²) in [6.45, 7) is 6.01. The van der Waals surface area contributed by atoms with Crippen molar-refractivity contribution in [3.63, 3.8) is 0 Å². The molecule has 0 saturated carbocycles. The van der Waals surface area contributed by atoms with Crippen LogP contribution in [-0.2, 0) is 4.79 Å². The molecule has 0 fully saturated rings. The van der Waals surface area contributed by atoms with Crippen LogP contribution in [0.3, 0.4) is 0 Å². The van der Waals surface area contributed by atoms with Crippen molar-refractivity contribution >= 4 is 28.8 Å². The number of nitrogens with zero attached hydrogens (tertiary/aromatic N) is 3. The van der Waals surface area contributed by atoms with Crippen LogP contribution in [0, 0.1) is 0 Å². The van der Waals surface area contributed by atoms with E-state index in [4.69, 9.17) is 5.73 Å². The van der Waals surface area contributed by atoms with E-state index < -0.39 is 17.6 Å². The predicted octanol–water partition coefficient (Wildman–Crippen LogP) is 3.00. The summed E-state index contributed by atoms with van der Waals surface area (Å²) in [5.41, 5.74) is 6.73. The highest BCUT2D eigenvalue weighted by Gasteiger charge is 2.27. The summed E-state index contributed by atoms with van der Waals surface area (Å²) < 4.78 is 15.9. The molecule has 3 aromatic heterocycles. The van der Waals surface area contributed by atoms with Crippen LogP contribution < -0.4 is 16.4 Å². The van der Waals surface area contributed by atoms with Crippen molar-refractivity contribution in [1.29, 1.82) is 0 Å². The topological polar surface area (TPSA) is 114 Å². The molecule has 29 heavy (non-hydrogen) atoms. The quantitative estimate of drug-likeness (QED) is 0.590. The molecule has 9 heteroatoms. The third-order valence-electron chi connectivity index (χ3n) is 4.69. The van der Waals surface area contributed by atoms with Gasteiger partial charge in [0.25, 0.3) is 5.91 Å². The van der Waals surface area contributed by atoms with E-state index in [0.29, 0.717) is 17.0 Å². The molecule has 152 valence electrons. The van der Waals surface area contributed by atoms with Crippen molar-refractivity contribution in [2.45, 2.75) is 39.4 Å². The number of amides is 2. The molecule has 0 bridgehead atoms. The molecular formula is C20H23FN6O2. The summed E-state index contributed by atoms with van der Waals surface area (Å²) in [6.07, 6.45) is 4.75. The Labute approximate surface area is 167 Å². The monoisotopic (exact) mass is 398 g/mol. The molecule has 0 unspecified atom stereocenters. The first-order valence-corrected chi connectivity index (χ1v) is 9.07. The zero-order chi connectivity index (χ0) is 21.3. The molecule has 3 heterocycles. The maximum absolute atomic E-state index is 14.4. The average molecular weight is 398 g/mol. The molecule has 0 aromatic carbocycles. The molecule has 1 atom stereocenters. The van der Waals surface area contributed by atoms with E-state index in [1.165, 1.54) is 27.0 Å². The molecule has 4 N–H and O–H groups in total. The Bertz CT molecular complexity index is 1070. The van der Waals surface area contributed by atoms with E-state index >= 15 is 0 Å². The van der Waals surface area contributed by atoms with E-state index in [2.05, 4.69) is 20.7 Å². The highest BCUT2D eigenvalue weighted by molar-refractivity contribution is 6.02. The summed E-state index contributed by atoms with van der Waals surface area (Å²) in [7, 11) is 0. The van der Waals surface area contributed by atoms with Crippen molar-refractivity contribution in [3.05, 3.63) is 42.4 Å². The lowest BCUT2D eigenvalue weighted by Gasteiger charge is -2.26. The number of pyridine rings is 1. The van der Waals surface area contributed by atoms with Crippen LogP contribution in [0.5, 0.6) is 0 Å². The van der Waals surface area contributed by atoms with Crippen molar-refractivity contribution < 1.29 is 14.0 Å². The molecule has 0 aliphatic rings. The van der Waals surface area contributed by atoms with Crippen LogP contribution in [0.4, 0.5) is 15.9 Å². The van der Waals surface area contributed by atoms with Gasteiger partial charge in [-0.15, -0.1) is 0 Å². The zero-order valence-electron chi connectivity index (χ0n) is 16.7. The second-order valence-corrected chi connectivity index (χ2v) is 7.40. The van der Waals surface area contributed by atoms with E-state index in [1.807, 2.05) is 12.1 Å². The van der Waals surface area contributed by atoms with Gasteiger partial charge >= 0.3 is 0 Å². The first-order chi connectivity index (χ1) is 13.6. The van der Waals surface area contributed by atoms with Gasteiger partial charge in [-0.25, -0.2) is 13.9 Å². The molecule has 0 spiro atoms. The second-order valence-electron chi connectivity index (χ2n) is 7.40. The molecular weight excluding hydrogens is 375 g/mol. The van der Waals surface area contributed by atoms with Gasteiger partial charge in [0.15, 0.2) is 0 Å². The smallest absolute Gasteiger partial charge is 0.252 e. The van der Waals surface area contributed by atoms with Crippen molar-refractivity contribution in [2.75, 3.05) is 10.6 Å². The third-order valence-corrected chi connectivity index (χ3v) is 4.69. The van der Waals surface area contributed by atoms with Gasteiger partial charge in [0.05, 0.1) is 29.0 Å². The molecule has 8 nitrogen and oxygen atoms in total. The van der Waals surface area contributed by atoms with Crippen LogP contribution in [0.1, 0.15) is 38.1 Å². The molecule has 2 amide bonds. The van der Waals surface area contributed by atoms with E-state index in [-0.39, 0.29) is 11.5 Å². The fraction of sp³-hybridized carbons (Fsp3) is 0.300. The predicted molar refractivity (Wildman–Crippen MR) is 110 cm³/mol. The largest absolute Gasteiger partial charge is 0.377 e. The maximum atomic E-state index is 14.4. The Kier molecular flexibility index (Phi) is 5.23. The fourth-order valence-electron chi connectivity index (χ4n) is 2.76. The molecule has 0 aliphatic heterocycles. The zero-order valence-corrected chi connectivity index (χ0v) is 16.7. The normalized spacial score (nSPS) is 12.6. The minimum Gasteiger partial charge on any atom is -0.377 e. The number of hydrogen-bond acceptors (Lipinski definition) is 5. The standard InChI is InChI=1S/C20H23FN6O2/c1-11(20(3,4)21)25-18-15(19(22)29)9-24-27-10-14(7-16(18)27)13-5-6-17(23-8-13)26-12(2)28/h5-11,25H,1-4H3,(H2,22,29)(H,23,26,28)/t11-/m1/s1. The minimum atomic E-state index is -1.52. The number of hydrogen-bond donors (Lipinski definition) is 3. The van der Waals surface area contributed by atoms with E-state index in [1.54, 1.807) is 29.9 Å². The first-order valence-electron chi connectivity index (χ1n) is 9.07. The first kappa shape index (κ1) is 20.2. The van der Waals surface area contributed by atoms with Gasteiger partial charge in [-0.2, -0.15) is 5.10 Å². The van der Waals surface area contributed by atoms with Gasteiger partial charge in [0, 0.05) is 30.4 Å². The van der Waals surface area contributed by atoms with Gasteiger partial charge in [-0.05, 0) is 39.0 Å². The number of nitrogens with one attached hydrogen (secondary N) is 2. The number of fused-ring (bicyclic) bond motifs is 1.